The third-order valence-electron chi connectivity index (χ3n) is 6.38. The molecule has 2 fully saturated rings. The first-order chi connectivity index (χ1) is 18.1. The van der Waals surface area contributed by atoms with E-state index < -0.39 is 30.5 Å². The Kier molecular flexibility index (Phi) is 9.90. The summed E-state index contributed by atoms with van der Waals surface area (Å²) < 4.78 is 76.6. The zero-order chi connectivity index (χ0) is 29.0. The number of H-pyrrole nitrogens is 1. The number of nitrogens with zero attached hydrogens (tertiary/aromatic N) is 4. The van der Waals surface area contributed by atoms with Crippen LogP contribution in [0.3, 0.4) is 0 Å². The number of anilines is 2. The van der Waals surface area contributed by atoms with Crippen molar-refractivity contribution < 1.29 is 46.1 Å². The molecule has 0 bridgehead atoms. The van der Waals surface area contributed by atoms with Crippen molar-refractivity contribution in [2.75, 3.05) is 36.9 Å². The van der Waals surface area contributed by atoms with Crippen molar-refractivity contribution in [2.45, 2.75) is 55.9 Å². The Morgan fingerprint density at radius 3 is 2.26 bits per heavy atom. The minimum Gasteiger partial charge on any atom is -0.475 e. The summed E-state index contributed by atoms with van der Waals surface area (Å²) in [5.41, 5.74) is 6.63. The largest absolute Gasteiger partial charge is 0.490 e. The molecule has 0 saturated carbocycles. The average molecular weight is 589 g/mol. The van der Waals surface area contributed by atoms with Crippen LogP contribution in [0.25, 0.3) is 0 Å². The van der Waals surface area contributed by atoms with Crippen LogP contribution in [0.2, 0.25) is 5.02 Å². The molecule has 10 nitrogen and oxygen atoms in total. The molecule has 39 heavy (non-hydrogen) atoms. The number of hydrogen-bond donors (Lipinski definition) is 4. The van der Waals surface area contributed by atoms with E-state index in [9.17, 15) is 31.4 Å². The quantitative estimate of drug-likeness (QED) is 0.388. The normalized spacial score (nSPS) is 22.2. The van der Waals surface area contributed by atoms with Crippen LogP contribution in [-0.2, 0) is 16.0 Å². The van der Waals surface area contributed by atoms with E-state index in [1.54, 1.807) is 12.1 Å². The monoisotopic (exact) mass is 588 g/mol. The minimum absolute atomic E-state index is 0.0111. The number of halogens is 7. The summed E-state index contributed by atoms with van der Waals surface area (Å²) in [6, 6.07) is 7.35. The van der Waals surface area contributed by atoms with Crippen LogP contribution in [0, 0.1) is 0 Å². The van der Waals surface area contributed by atoms with Crippen molar-refractivity contribution in [3.05, 3.63) is 34.9 Å². The van der Waals surface area contributed by atoms with Crippen LogP contribution >= 0.6 is 11.6 Å². The number of carboxylic acid groups (broad SMARTS) is 1. The van der Waals surface area contributed by atoms with Crippen LogP contribution in [0.5, 0.6) is 0 Å². The molecule has 218 valence electrons. The number of aliphatic hydroxyl groups is 1. The van der Waals surface area contributed by atoms with Gasteiger partial charge in [0.25, 0.3) is 0 Å². The molecule has 17 heteroatoms. The Labute approximate surface area is 223 Å². The lowest BCUT2D eigenvalue weighted by Crippen LogP contribution is -2.60. The van der Waals surface area contributed by atoms with E-state index in [0.29, 0.717) is 30.5 Å². The molecule has 5 N–H and O–H groups in total. The summed E-state index contributed by atoms with van der Waals surface area (Å²) in [5.74, 6) is -2.00. The van der Waals surface area contributed by atoms with Crippen molar-refractivity contribution in [3.63, 3.8) is 0 Å². The van der Waals surface area contributed by atoms with Gasteiger partial charge in [0, 0.05) is 36.7 Å². The second-order valence-corrected chi connectivity index (χ2v) is 9.52. The number of alkyl halides is 6. The van der Waals surface area contributed by atoms with Crippen molar-refractivity contribution in [2.24, 2.45) is 0 Å². The predicted molar refractivity (Wildman–Crippen MR) is 127 cm³/mol. The number of aromatic amines is 1. The number of rotatable bonds is 5. The summed E-state index contributed by atoms with van der Waals surface area (Å²) in [5, 5.41) is 24.2. The third kappa shape index (κ3) is 8.58. The van der Waals surface area contributed by atoms with Crippen LogP contribution in [-0.4, -0.2) is 99.1 Å². The first kappa shape index (κ1) is 30.7. The summed E-state index contributed by atoms with van der Waals surface area (Å²) in [6.45, 7) is 1.42. The Balaban J connectivity index is 0.000000532. The van der Waals surface area contributed by atoms with Gasteiger partial charge in [0.2, 0.25) is 11.9 Å². The summed E-state index contributed by atoms with van der Waals surface area (Å²) in [6.07, 6.45) is -11.6. The van der Waals surface area contributed by atoms with E-state index in [0.717, 1.165) is 18.4 Å². The van der Waals surface area contributed by atoms with E-state index in [1.165, 1.54) is 0 Å². The Morgan fingerprint density at radius 2 is 1.77 bits per heavy atom. The van der Waals surface area contributed by atoms with Gasteiger partial charge in [0.1, 0.15) is 6.10 Å². The summed E-state index contributed by atoms with van der Waals surface area (Å²) >= 11 is 5.97. The number of aliphatic carboxylic acids is 1. The van der Waals surface area contributed by atoms with E-state index in [4.69, 9.17) is 32.0 Å². The number of carbonyl (C=O) groups is 1. The Morgan fingerprint density at radius 1 is 1.18 bits per heavy atom. The van der Waals surface area contributed by atoms with Crippen LogP contribution in [0.1, 0.15) is 18.4 Å². The number of morpholine rings is 1. The van der Waals surface area contributed by atoms with Crippen molar-refractivity contribution in [3.8, 4) is 0 Å². The van der Waals surface area contributed by atoms with E-state index in [2.05, 4.69) is 20.1 Å². The first-order valence-corrected chi connectivity index (χ1v) is 12.1. The standard InChI is InChI=1S/C20H26ClF3N6O2.C2HF3O2/c21-13-3-1-12(2-4-13)9-15-11-32-16(17(31)20(22,23)24)10-30(15)14-5-7-29(8-6-14)19-26-18(25)27-28-19;3-2(4,5)1(6)7/h1-4,14-17,31H,5-11H2,(H3,25,26,27,28);(H,6,7)/t15-,16+,17+;/m0./s1. The number of piperidine rings is 1. The number of nitrogens with one attached hydrogen (secondary N) is 1. The second kappa shape index (κ2) is 12.6. The van der Waals surface area contributed by atoms with Crippen LogP contribution in [0.4, 0.5) is 38.2 Å². The fraction of sp³-hybridized carbons (Fsp3) is 0.591. The van der Waals surface area contributed by atoms with Crippen molar-refractivity contribution in [1.82, 2.24) is 20.1 Å². The Bertz CT molecular complexity index is 1080. The van der Waals surface area contributed by atoms with Crippen LogP contribution in [0.15, 0.2) is 24.3 Å². The minimum atomic E-state index is -5.08. The number of hydrogen-bond acceptors (Lipinski definition) is 8. The Hall–Kier alpha value is -2.82. The molecule has 0 unspecified atom stereocenters. The SMILES string of the molecule is Nc1nc(N2CCC(N3C[C@H]([C@@H](O)C(F)(F)F)OC[C@@H]3Cc3ccc(Cl)cc3)CC2)n[nH]1.O=C(O)C(F)(F)F. The van der Waals surface area contributed by atoms with Gasteiger partial charge in [0.05, 0.1) is 6.61 Å². The summed E-state index contributed by atoms with van der Waals surface area (Å²) in [4.78, 5) is 17.1. The fourth-order valence-electron chi connectivity index (χ4n) is 4.46. The number of ether oxygens (including phenoxy) is 1. The topological polar surface area (TPSA) is 141 Å². The molecule has 0 amide bonds. The highest BCUT2D eigenvalue weighted by molar-refractivity contribution is 6.30. The lowest BCUT2D eigenvalue weighted by atomic mass is 9.95. The van der Waals surface area contributed by atoms with Gasteiger partial charge in [-0.3, -0.25) is 4.90 Å². The maximum absolute atomic E-state index is 13.1. The fourth-order valence-corrected chi connectivity index (χ4v) is 4.59. The van der Waals surface area contributed by atoms with Gasteiger partial charge in [0.15, 0.2) is 6.10 Å². The van der Waals surface area contributed by atoms with E-state index in [-0.39, 0.29) is 31.2 Å². The van der Waals surface area contributed by atoms with Gasteiger partial charge < -0.3 is 25.6 Å². The maximum atomic E-state index is 13.1. The molecule has 0 aliphatic carbocycles. The highest BCUT2D eigenvalue weighted by atomic mass is 35.5. The second-order valence-electron chi connectivity index (χ2n) is 9.08. The predicted octanol–water partition coefficient (Wildman–Crippen LogP) is 2.88. The van der Waals surface area contributed by atoms with E-state index in [1.807, 2.05) is 17.0 Å². The van der Waals surface area contributed by atoms with Crippen LogP contribution < -0.4 is 10.6 Å². The molecular weight excluding hydrogens is 562 g/mol. The van der Waals surface area contributed by atoms with Gasteiger partial charge >= 0.3 is 18.3 Å². The number of carboxylic acids is 1. The van der Waals surface area contributed by atoms with Crippen molar-refractivity contribution in [1.29, 1.82) is 0 Å². The smallest absolute Gasteiger partial charge is 0.475 e. The number of nitrogen functional groups attached to an aromatic ring is 1. The highest BCUT2D eigenvalue weighted by Crippen LogP contribution is 2.31. The molecule has 4 rings (SSSR count). The molecule has 2 aliphatic rings. The zero-order valence-electron chi connectivity index (χ0n) is 20.3. The van der Waals surface area contributed by atoms with Gasteiger partial charge in [-0.2, -0.15) is 31.3 Å². The number of nitrogens with two attached hydrogens (primary N) is 1. The van der Waals surface area contributed by atoms with Crippen molar-refractivity contribution >= 4 is 29.5 Å². The zero-order valence-corrected chi connectivity index (χ0v) is 21.0. The molecule has 2 aliphatic heterocycles. The molecule has 3 heterocycles. The third-order valence-corrected chi connectivity index (χ3v) is 6.64. The molecule has 2 aromatic rings. The molecule has 0 radical (unpaired) electrons. The molecule has 2 saturated heterocycles. The summed E-state index contributed by atoms with van der Waals surface area (Å²) in [7, 11) is 0. The van der Waals surface area contributed by atoms with Gasteiger partial charge in [-0.25, -0.2) is 9.89 Å². The first-order valence-electron chi connectivity index (χ1n) is 11.7. The van der Waals surface area contributed by atoms with Gasteiger partial charge in [-0.15, -0.1) is 5.10 Å². The molecule has 0 spiro atoms. The van der Waals surface area contributed by atoms with Gasteiger partial charge in [-0.05, 0) is 37.0 Å². The number of aromatic nitrogens is 3. The number of benzene rings is 1. The van der Waals surface area contributed by atoms with E-state index >= 15 is 0 Å². The maximum Gasteiger partial charge on any atom is 0.490 e. The lowest BCUT2D eigenvalue weighted by Gasteiger charge is -2.47. The molecule has 3 atom stereocenters. The number of aliphatic hydroxyl groups excluding tert-OH is 1. The van der Waals surface area contributed by atoms with Gasteiger partial charge in [-0.1, -0.05) is 23.7 Å². The highest BCUT2D eigenvalue weighted by Gasteiger charge is 2.48. The molecule has 1 aromatic carbocycles. The average Bonchev–Trinajstić information content (AvgIpc) is 3.31. The lowest BCUT2D eigenvalue weighted by molar-refractivity contribution is -0.250. The molecular formula is C22H27ClF6N6O4. The molecule has 1 aromatic heterocycles.